The van der Waals surface area contributed by atoms with Crippen molar-refractivity contribution >= 4 is 23.3 Å². The van der Waals surface area contributed by atoms with Gasteiger partial charge in [0.1, 0.15) is 16.7 Å². The number of halogens is 1. The van der Waals surface area contributed by atoms with Crippen LogP contribution in [0.4, 0.5) is 5.82 Å². The van der Waals surface area contributed by atoms with Crippen molar-refractivity contribution in [2.24, 2.45) is 11.1 Å². The zero-order valence-corrected chi connectivity index (χ0v) is 19.0. The van der Waals surface area contributed by atoms with Crippen molar-refractivity contribution in [1.29, 1.82) is 0 Å². The van der Waals surface area contributed by atoms with Gasteiger partial charge in [-0.25, -0.2) is 4.98 Å². The number of carbonyl (C=O) groups is 1. The predicted molar refractivity (Wildman–Crippen MR) is 124 cm³/mol. The van der Waals surface area contributed by atoms with E-state index in [9.17, 15) is 4.79 Å². The maximum atomic E-state index is 11.9. The Balaban J connectivity index is 1.45. The Kier molecular flexibility index (Phi) is 6.39. The second-order valence-corrected chi connectivity index (χ2v) is 9.21. The summed E-state index contributed by atoms with van der Waals surface area (Å²) in [5.41, 5.74) is 7.56. The molecule has 1 spiro atoms. The van der Waals surface area contributed by atoms with Gasteiger partial charge >= 0.3 is 0 Å². The van der Waals surface area contributed by atoms with Crippen molar-refractivity contribution in [2.75, 3.05) is 25.1 Å². The molecule has 1 aromatic carbocycles. The van der Waals surface area contributed by atoms with E-state index < -0.39 is 5.91 Å². The number of nitrogens with one attached hydrogen (secondary N) is 1. The summed E-state index contributed by atoms with van der Waals surface area (Å²) in [5.74, 6) is 1.03. The number of hydrogen-bond donors (Lipinski definition) is 2. The molecule has 1 saturated carbocycles. The first kappa shape index (κ1) is 21.9. The minimum atomic E-state index is -0.465. The van der Waals surface area contributed by atoms with E-state index in [1.54, 1.807) is 19.2 Å². The van der Waals surface area contributed by atoms with Crippen LogP contribution >= 0.6 is 11.6 Å². The summed E-state index contributed by atoms with van der Waals surface area (Å²) in [4.78, 5) is 18.5. The molecule has 4 rings (SSSR count). The van der Waals surface area contributed by atoms with Crippen molar-refractivity contribution in [3.05, 3.63) is 52.7 Å². The molecule has 6 nitrogen and oxygen atoms in total. The number of anilines is 1. The molecule has 0 radical (unpaired) electrons. The number of amides is 1. The monoisotopic (exact) mass is 442 g/mol. The number of ether oxygens (including phenoxy) is 1. The standard InChI is InChI=1S/C24H31ClN4O2/c1-16(17-5-7-18(31-2)8-6-17)27-20-4-3-11-24(20)12-14-29(15-13-24)23-19(22(26)30)9-10-21(25)28-23/h5-10,16,20,27H,3-4,11-15H2,1-2H3,(H2,26,30). The van der Waals surface area contributed by atoms with Crippen LogP contribution in [0.2, 0.25) is 5.15 Å². The molecule has 2 aliphatic rings. The van der Waals surface area contributed by atoms with E-state index in [1.807, 2.05) is 12.1 Å². The van der Waals surface area contributed by atoms with Crippen LogP contribution in [0.15, 0.2) is 36.4 Å². The van der Waals surface area contributed by atoms with Crippen LogP contribution in [0.25, 0.3) is 0 Å². The molecule has 2 fully saturated rings. The van der Waals surface area contributed by atoms with Gasteiger partial charge in [-0.15, -0.1) is 0 Å². The van der Waals surface area contributed by atoms with E-state index in [-0.39, 0.29) is 11.5 Å². The Morgan fingerprint density at radius 1 is 1.23 bits per heavy atom. The van der Waals surface area contributed by atoms with E-state index in [4.69, 9.17) is 22.1 Å². The van der Waals surface area contributed by atoms with Crippen LogP contribution < -0.4 is 20.7 Å². The van der Waals surface area contributed by atoms with Gasteiger partial charge in [-0.05, 0) is 67.9 Å². The Morgan fingerprint density at radius 2 is 1.94 bits per heavy atom. The molecule has 1 aliphatic heterocycles. The Morgan fingerprint density at radius 3 is 2.58 bits per heavy atom. The molecule has 3 N–H and O–H groups in total. The number of nitrogens with two attached hydrogens (primary N) is 1. The van der Waals surface area contributed by atoms with E-state index in [0.29, 0.717) is 22.6 Å². The molecule has 2 heterocycles. The van der Waals surface area contributed by atoms with Gasteiger partial charge in [0.2, 0.25) is 0 Å². The van der Waals surface area contributed by atoms with Crippen LogP contribution in [0.3, 0.4) is 0 Å². The van der Waals surface area contributed by atoms with Crippen molar-refractivity contribution in [3.8, 4) is 5.75 Å². The molecule has 2 atom stereocenters. The van der Waals surface area contributed by atoms with E-state index in [2.05, 4.69) is 34.3 Å². The lowest BCUT2D eigenvalue weighted by molar-refractivity contribution is 0.1000. The maximum absolute atomic E-state index is 11.9. The molecule has 2 aromatic rings. The van der Waals surface area contributed by atoms with Gasteiger partial charge in [-0.1, -0.05) is 30.2 Å². The van der Waals surface area contributed by atoms with Crippen molar-refractivity contribution < 1.29 is 9.53 Å². The molecule has 7 heteroatoms. The van der Waals surface area contributed by atoms with Crippen molar-refractivity contribution in [3.63, 3.8) is 0 Å². The quantitative estimate of drug-likeness (QED) is 0.650. The van der Waals surface area contributed by atoms with Gasteiger partial charge in [-0.2, -0.15) is 0 Å². The van der Waals surface area contributed by atoms with Gasteiger partial charge in [0, 0.05) is 25.2 Å². The van der Waals surface area contributed by atoms with Gasteiger partial charge in [0.25, 0.3) is 5.91 Å². The fourth-order valence-corrected chi connectivity index (χ4v) is 5.45. The number of rotatable bonds is 6. The third kappa shape index (κ3) is 4.51. The van der Waals surface area contributed by atoms with Gasteiger partial charge < -0.3 is 20.7 Å². The topological polar surface area (TPSA) is 80.5 Å². The molecule has 166 valence electrons. The molecular weight excluding hydrogens is 412 g/mol. The second-order valence-electron chi connectivity index (χ2n) is 8.83. The SMILES string of the molecule is COc1ccc(C(C)NC2CCCC23CCN(c2nc(Cl)ccc2C(N)=O)CC3)cc1. The lowest BCUT2D eigenvalue weighted by Crippen LogP contribution is -2.49. The average molecular weight is 443 g/mol. The molecule has 31 heavy (non-hydrogen) atoms. The highest BCUT2D eigenvalue weighted by atomic mass is 35.5. The average Bonchev–Trinajstić information content (AvgIpc) is 3.15. The Labute approximate surface area is 189 Å². The first-order valence-corrected chi connectivity index (χ1v) is 11.4. The summed E-state index contributed by atoms with van der Waals surface area (Å²) in [6.07, 6.45) is 5.80. The van der Waals surface area contributed by atoms with Crippen LogP contribution in [0, 0.1) is 5.41 Å². The third-order valence-electron chi connectivity index (χ3n) is 7.14. The summed E-state index contributed by atoms with van der Waals surface area (Å²) in [6, 6.07) is 12.4. The molecule has 1 amide bonds. The minimum absolute atomic E-state index is 0.278. The van der Waals surface area contributed by atoms with Crippen molar-refractivity contribution in [2.45, 2.75) is 51.1 Å². The number of nitrogens with zero attached hydrogens (tertiary/aromatic N) is 2. The first-order chi connectivity index (χ1) is 14.9. The molecule has 1 aromatic heterocycles. The first-order valence-electron chi connectivity index (χ1n) is 11.0. The summed E-state index contributed by atoms with van der Waals surface area (Å²) in [6.45, 7) is 3.93. The number of piperidine rings is 1. The Hall–Kier alpha value is -2.31. The van der Waals surface area contributed by atoms with Crippen LogP contribution in [-0.2, 0) is 0 Å². The van der Waals surface area contributed by atoms with Gasteiger partial charge in [0.15, 0.2) is 0 Å². The number of hydrogen-bond acceptors (Lipinski definition) is 5. The summed E-state index contributed by atoms with van der Waals surface area (Å²) in [5, 5.41) is 4.30. The van der Waals surface area contributed by atoms with Crippen LogP contribution in [0.5, 0.6) is 5.75 Å². The highest BCUT2D eigenvalue weighted by Crippen LogP contribution is 2.47. The number of methoxy groups -OCH3 is 1. The van der Waals surface area contributed by atoms with E-state index in [0.717, 1.165) is 31.7 Å². The van der Waals surface area contributed by atoms with Gasteiger partial charge in [-0.3, -0.25) is 4.79 Å². The fourth-order valence-electron chi connectivity index (χ4n) is 5.31. The van der Waals surface area contributed by atoms with Gasteiger partial charge in [0.05, 0.1) is 12.7 Å². The van der Waals surface area contributed by atoms with E-state index >= 15 is 0 Å². The lowest BCUT2D eigenvalue weighted by Gasteiger charge is -2.45. The molecule has 2 unspecified atom stereocenters. The Bertz CT molecular complexity index is 926. The lowest BCUT2D eigenvalue weighted by atomic mass is 9.73. The zero-order valence-electron chi connectivity index (χ0n) is 18.2. The highest BCUT2D eigenvalue weighted by Gasteiger charge is 2.45. The molecule has 0 bridgehead atoms. The number of aromatic nitrogens is 1. The molecule has 1 saturated heterocycles. The smallest absolute Gasteiger partial charge is 0.252 e. The number of pyridine rings is 1. The molecular formula is C24H31ClN4O2. The summed E-state index contributed by atoms with van der Waals surface area (Å²) in [7, 11) is 1.69. The zero-order chi connectivity index (χ0) is 22.0. The fraction of sp³-hybridized carbons (Fsp3) is 0.500. The summed E-state index contributed by atoms with van der Waals surface area (Å²) < 4.78 is 5.28. The minimum Gasteiger partial charge on any atom is -0.497 e. The third-order valence-corrected chi connectivity index (χ3v) is 7.35. The highest BCUT2D eigenvalue weighted by molar-refractivity contribution is 6.29. The predicted octanol–water partition coefficient (Wildman–Crippen LogP) is 4.33. The normalized spacial score (nSPS) is 21.3. The largest absolute Gasteiger partial charge is 0.497 e. The number of primary amides is 1. The number of carbonyl (C=O) groups excluding carboxylic acids is 1. The molecule has 1 aliphatic carbocycles. The number of benzene rings is 1. The second kappa shape index (κ2) is 9.05. The van der Waals surface area contributed by atoms with Crippen LogP contribution in [-0.4, -0.2) is 37.1 Å². The maximum Gasteiger partial charge on any atom is 0.252 e. The van der Waals surface area contributed by atoms with Crippen LogP contribution in [0.1, 0.15) is 61.0 Å². The van der Waals surface area contributed by atoms with Crippen molar-refractivity contribution in [1.82, 2.24) is 10.3 Å². The summed E-state index contributed by atoms with van der Waals surface area (Å²) >= 11 is 6.11. The van der Waals surface area contributed by atoms with E-state index in [1.165, 1.54) is 24.8 Å².